The molecule has 1 rings (SSSR count). The van der Waals surface area contributed by atoms with Crippen LogP contribution in [0.4, 0.5) is 0 Å². The third-order valence-corrected chi connectivity index (χ3v) is 3.14. The number of aromatic nitrogens is 3. The van der Waals surface area contributed by atoms with Gasteiger partial charge in [0, 0.05) is 19.0 Å². The molecule has 0 saturated heterocycles. The van der Waals surface area contributed by atoms with Crippen molar-refractivity contribution >= 4 is 5.91 Å². The largest absolute Gasteiger partial charge is 0.334 e. The van der Waals surface area contributed by atoms with Gasteiger partial charge in [-0.25, -0.2) is 4.98 Å². The Kier molecular flexibility index (Phi) is 3.67. The van der Waals surface area contributed by atoms with Crippen LogP contribution in [0, 0.1) is 0 Å². The molecule has 0 bridgehead atoms. The highest BCUT2D eigenvalue weighted by atomic mass is 16.2. The fraction of sp³-hybridized carbons (Fsp3) is 0.727. The number of nitrogens with one attached hydrogen (secondary N) is 1. The average molecular weight is 224 g/mol. The van der Waals surface area contributed by atoms with Gasteiger partial charge in [-0.05, 0) is 20.3 Å². The molecule has 1 aromatic rings. The maximum Gasteiger partial charge on any atom is 0.293 e. The summed E-state index contributed by atoms with van der Waals surface area (Å²) in [6.07, 6.45) is 1.64. The predicted octanol–water partition coefficient (Wildman–Crippen LogP) is 1.63. The van der Waals surface area contributed by atoms with Crippen molar-refractivity contribution in [1.82, 2.24) is 20.1 Å². The minimum Gasteiger partial charge on any atom is -0.334 e. The lowest BCUT2D eigenvalue weighted by atomic mass is 10.00. The second kappa shape index (κ2) is 4.63. The number of aryl methyl sites for hydroxylation is 1. The lowest BCUT2D eigenvalue weighted by Crippen LogP contribution is -2.44. The summed E-state index contributed by atoms with van der Waals surface area (Å²) >= 11 is 0. The van der Waals surface area contributed by atoms with Crippen molar-refractivity contribution in [3.63, 3.8) is 0 Å². The van der Waals surface area contributed by atoms with E-state index in [0.717, 1.165) is 18.7 Å². The first kappa shape index (κ1) is 12.7. The Hall–Kier alpha value is -1.39. The van der Waals surface area contributed by atoms with E-state index in [1.165, 1.54) is 0 Å². The first-order chi connectivity index (χ1) is 7.42. The number of H-pyrrole nitrogens is 1. The lowest BCUT2D eigenvalue weighted by molar-refractivity contribution is 0.0608. The van der Waals surface area contributed by atoms with E-state index in [9.17, 15) is 4.79 Å². The second-order valence-electron chi connectivity index (χ2n) is 4.49. The molecule has 90 valence electrons. The number of carbonyl (C=O) groups excluding carboxylic acids is 1. The molecule has 1 heterocycles. The number of hydrogen-bond donors (Lipinski definition) is 1. The highest BCUT2D eigenvalue weighted by Gasteiger charge is 2.28. The number of amides is 1. The molecular weight excluding hydrogens is 204 g/mol. The molecule has 0 aliphatic heterocycles. The monoisotopic (exact) mass is 224 g/mol. The number of carbonyl (C=O) groups is 1. The van der Waals surface area contributed by atoms with Crippen LogP contribution in [0.1, 0.15) is 50.6 Å². The Morgan fingerprint density at radius 3 is 2.50 bits per heavy atom. The third kappa shape index (κ3) is 2.40. The molecule has 5 heteroatoms. The number of rotatable bonds is 4. The molecule has 1 aromatic heterocycles. The molecule has 0 aromatic carbocycles. The van der Waals surface area contributed by atoms with Gasteiger partial charge in [0.2, 0.25) is 5.82 Å². The van der Waals surface area contributed by atoms with E-state index in [4.69, 9.17) is 0 Å². The van der Waals surface area contributed by atoms with Crippen LogP contribution in [-0.4, -0.2) is 38.6 Å². The second-order valence-corrected chi connectivity index (χ2v) is 4.49. The van der Waals surface area contributed by atoms with E-state index in [0.29, 0.717) is 0 Å². The minimum atomic E-state index is -0.176. The fourth-order valence-corrected chi connectivity index (χ4v) is 1.21. The van der Waals surface area contributed by atoms with Crippen LogP contribution < -0.4 is 0 Å². The number of aromatic amines is 1. The SMILES string of the molecule is CCc1nc(C(=O)N(C)C(C)(C)CC)n[nH]1. The van der Waals surface area contributed by atoms with Gasteiger partial charge in [0.05, 0.1) is 0 Å². The van der Waals surface area contributed by atoms with Gasteiger partial charge in [0.1, 0.15) is 5.82 Å². The van der Waals surface area contributed by atoms with Gasteiger partial charge in [-0.15, -0.1) is 5.10 Å². The van der Waals surface area contributed by atoms with Crippen LogP contribution in [0.15, 0.2) is 0 Å². The van der Waals surface area contributed by atoms with Gasteiger partial charge in [0.25, 0.3) is 5.91 Å². The molecule has 0 unspecified atom stereocenters. The van der Waals surface area contributed by atoms with Gasteiger partial charge < -0.3 is 4.90 Å². The Morgan fingerprint density at radius 2 is 2.06 bits per heavy atom. The molecular formula is C11H20N4O. The van der Waals surface area contributed by atoms with Crippen molar-refractivity contribution in [3.05, 3.63) is 11.6 Å². The molecule has 16 heavy (non-hydrogen) atoms. The summed E-state index contributed by atoms with van der Waals surface area (Å²) in [6.45, 7) is 8.07. The van der Waals surface area contributed by atoms with E-state index in [2.05, 4.69) is 22.1 Å². The average Bonchev–Trinajstić information content (AvgIpc) is 2.75. The maximum absolute atomic E-state index is 12.1. The molecule has 0 spiro atoms. The molecule has 0 saturated carbocycles. The Balaban J connectivity index is 2.85. The van der Waals surface area contributed by atoms with E-state index in [-0.39, 0.29) is 17.3 Å². The summed E-state index contributed by atoms with van der Waals surface area (Å²) in [4.78, 5) is 17.9. The van der Waals surface area contributed by atoms with Crippen molar-refractivity contribution in [2.75, 3.05) is 7.05 Å². The van der Waals surface area contributed by atoms with Crippen LogP contribution in [0.3, 0.4) is 0 Å². The van der Waals surface area contributed by atoms with Crippen LogP contribution in [0.25, 0.3) is 0 Å². The van der Waals surface area contributed by atoms with Crippen LogP contribution in [-0.2, 0) is 6.42 Å². The molecule has 0 aliphatic carbocycles. The highest BCUT2D eigenvalue weighted by Crippen LogP contribution is 2.17. The molecule has 0 atom stereocenters. The zero-order valence-corrected chi connectivity index (χ0v) is 10.7. The first-order valence-electron chi connectivity index (χ1n) is 5.61. The normalized spacial score (nSPS) is 11.6. The zero-order valence-electron chi connectivity index (χ0n) is 10.7. The van der Waals surface area contributed by atoms with Gasteiger partial charge in [-0.3, -0.25) is 9.89 Å². The quantitative estimate of drug-likeness (QED) is 0.845. The Bertz CT molecular complexity index is 370. The molecule has 0 fully saturated rings. The van der Waals surface area contributed by atoms with E-state index in [1.54, 1.807) is 11.9 Å². The third-order valence-electron chi connectivity index (χ3n) is 3.14. The summed E-state index contributed by atoms with van der Waals surface area (Å²) in [5.41, 5.74) is -0.176. The van der Waals surface area contributed by atoms with Crippen LogP contribution >= 0.6 is 0 Å². The fourth-order valence-electron chi connectivity index (χ4n) is 1.21. The Labute approximate surface area is 96.3 Å². The van der Waals surface area contributed by atoms with E-state index in [1.807, 2.05) is 20.8 Å². The first-order valence-corrected chi connectivity index (χ1v) is 5.61. The topological polar surface area (TPSA) is 61.9 Å². The predicted molar refractivity (Wildman–Crippen MR) is 62.2 cm³/mol. The highest BCUT2D eigenvalue weighted by molar-refractivity contribution is 5.90. The molecule has 5 nitrogen and oxygen atoms in total. The smallest absolute Gasteiger partial charge is 0.293 e. The van der Waals surface area contributed by atoms with Crippen molar-refractivity contribution in [3.8, 4) is 0 Å². The molecule has 0 aliphatic rings. The molecule has 1 N–H and O–H groups in total. The lowest BCUT2D eigenvalue weighted by Gasteiger charge is -2.33. The maximum atomic E-state index is 12.1. The summed E-state index contributed by atoms with van der Waals surface area (Å²) in [7, 11) is 1.79. The van der Waals surface area contributed by atoms with E-state index < -0.39 is 0 Å². The summed E-state index contributed by atoms with van der Waals surface area (Å²) < 4.78 is 0. The summed E-state index contributed by atoms with van der Waals surface area (Å²) in [5.74, 6) is 0.856. The molecule has 1 amide bonds. The standard InChI is InChI=1S/C11H20N4O/c1-6-8-12-9(14-13-8)10(16)15(5)11(3,4)7-2/h6-7H2,1-5H3,(H,12,13,14). The van der Waals surface area contributed by atoms with Gasteiger partial charge in [-0.2, -0.15) is 0 Å². The van der Waals surface area contributed by atoms with Gasteiger partial charge >= 0.3 is 0 Å². The van der Waals surface area contributed by atoms with Crippen LogP contribution in [0.5, 0.6) is 0 Å². The summed E-state index contributed by atoms with van der Waals surface area (Å²) in [5, 5.41) is 6.68. The van der Waals surface area contributed by atoms with Crippen LogP contribution in [0.2, 0.25) is 0 Å². The van der Waals surface area contributed by atoms with Crippen molar-refractivity contribution in [2.24, 2.45) is 0 Å². The summed E-state index contributed by atoms with van der Waals surface area (Å²) in [6, 6.07) is 0. The minimum absolute atomic E-state index is 0.136. The Morgan fingerprint density at radius 1 is 1.44 bits per heavy atom. The van der Waals surface area contributed by atoms with Crippen molar-refractivity contribution in [2.45, 2.75) is 46.1 Å². The van der Waals surface area contributed by atoms with Gasteiger partial charge in [0.15, 0.2) is 0 Å². The van der Waals surface area contributed by atoms with Crippen molar-refractivity contribution in [1.29, 1.82) is 0 Å². The number of hydrogen-bond acceptors (Lipinski definition) is 3. The molecule has 0 radical (unpaired) electrons. The number of nitrogens with zero attached hydrogens (tertiary/aromatic N) is 3. The zero-order chi connectivity index (χ0) is 12.3. The van der Waals surface area contributed by atoms with E-state index >= 15 is 0 Å². The van der Waals surface area contributed by atoms with Gasteiger partial charge in [-0.1, -0.05) is 13.8 Å². The van der Waals surface area contributed by atoms with Crippen molar-refractivity contribution < 1.29 is 4.79 Å².